The van der Waals surface area contributed by atoms with E-state index >= 15 is 0 Å². The van der Waals surface area contributed by atoms with Crippen LogP contribution in [0.4, 0.5) is 11.4 Å². The Kier molecular flexibility index (Phi) is 4.83. The van der Waals surface area contributed by atoms with E-state index < -0.39 is 0 Å². The summed E-state index contributed by atoms with van der Waals surface area (Å²) >= 11 is 0. The number of para-hydroxylation sites is 2. The van der Waals surface area contributed by atoms with Crippen molar-refractivity contribution in [1.29, 1.82) is 0 Å². The maximum Gasteiger partial charge on any atom is 0.0641 e. The van der Waals surface area contributed by atoms with E-state index in [0.29, 0.717) is 0 Å². The van der Waals surface area contributed by atoms with Gasteiger partial charge in [-0.15, -0.1) is 0 Å². The van der Waals surface area contributed by atoms with Gasteiger partial charge in [0.15, 0.2) is 0 Å². The molecule has 0 aromatic heterocycles. The van der Waals surface area contributed by atoms with Gasteiger partial charge in [0.05, 0.1) is 11.4 Å². The topological polar surface area (TPSA) is 29.3 Å². The van der Waals surface area contributed by atoms with Gasteiger partial charge in [0.25, 0.3) is 0 Å². The SMILES string of the molecule is C=C(/C1=C/CC/C=C\C=C/C1)N(C)c1ccccc1N. The lowest BCUT2D eigenvalue weighted by Crippen LogP contribution is -2.18. The smallest absolute Gasteiger partial charge is 0.0641 e. The summed E-state index contributed by atoms with van der Waals surface area (Å²) in [4.78, 5) is 2.07. The quantitative estimate of drug-likeness (QED) is 0.819. The van der Waals surface area contributed by atoms with Crippen LogP contribution in [-0.4, -0.2) is 7.05 Å². The van der Waals surface area contributed by atoms with Gasteiger partial charge >= 0.3 is 0 Å². The number of hydrogen-bond acceptors (Lipinski definition) is 2. The molecule has 0 spiro atoms. The van der Waals surface area contributed by atoms with Gasteiger partial charge in [-0.05, 0) is 37.0 Å². The molecule has 1 aromatic carbocycles. The molecule has 1 aliphatic rings. The van der Waals surface area contributed by atoms with Crippen LogP contribution in [0.1, 0.15) is 19.3 Å². The third-order valence-corrected chi connectivity index (χ3v) is 3.52. The van der Waals surface area contributed by atoms with E-state index in [2.05, 4.69) is 41.9 Å². The molecular formula is C18H22N2. The Morgan fingerprint density at radius 3 is 2.70 bits per heavy atom. The highest BCUT2D eigenvalue weighted by Gasteiger charge is 2.11. The first kappa shape index (κ1) is 14.2. The van der Waals surface area contributed by atoms with Gasteiger partial charge in [0.2, 0.25) is 0 Å². The van der Waals surface area contributed by atoms with Crippen molar-refractivity contribution in [3.05, 3.63) is 72.5 Å². The molecule has 0 unspecified atom stereocenters. The molecule has 0 heterocycles. The molecule has 2 heteroatoms. The molecule has 2 rings (SSSR count). The summed E-state index contributed by atoms with van der Waals surface area (Å²) < 4.78 is 0. The first-order valence-electron chi connectivity index (χ1n) is 6.98. The van der Waals surface area contributed by atoms with Crippen LogP contribution < -0.4 is 10.6 Å². The zero-order valence-corrected chi connectivity index (χ0v) is 12.0. The third-order valence-electron chi connectivity index (χ3n) is 3.52. The Morgan fingerprint density at radius 2 is 1.90 bits per heavy atom. The summed E-state index contributed by atoms with van der Waals surface area (Å²) in [6.07, 6.45) is 13.9. The van der Waals surface area contributed by atoms with Crippen LogP contribution in [0.2, 0.25) is 0 Å². The number of anilines is 2. The van der Waals surface area contributed by atoms with Gasteiger partial charge in [-0.1, -0.05) is 49.1 Å². The zero-order chi connectivity index (χ0) is 14.4. The monoisotopic (exact) mass is 266 g/mol. The third kappa shape index (κ3) is 3.41. The molecule has 104 valence electrons. The van der Waals surface area contributed by atoms with E-state index in [1.807, 2.05) is 31.3 Å². The molecule has 0 aliphatic heterocycles. The van der Waals surface area contributed by atoms with Crippen LogP contribution in [0, 0.1) is 0 Å². The van der Waals surface area contributed by atoms with Crippen LogP contribution >= 0.6 is 0 Å². The average Bonchev–Trinajstić information content (AvgIpc) is 2.60. The molecule has 0 saturated heterocycles. The number of nitrogens with zero attached hydrogens (tertiary/aromatic N) is 1. The van der Waals surface area contributed by atoms with Gasteiger partial charge in [-0.2, -0.15) is 0 Å². The summed E-state index contributed by atoms with van der Waals surface area (Å²) in [7, 11) is 2.02. The van der Waals surface area contributed by atoms with Crippen LogP contribution in [0.3, 0.4) is 0 Å². The fourth-order valence-corrected chi connectivity index (χ4v) is 2.27. The minimum absolute atomic E-state index is 0.775. The van der Waals surface area contributed by atoms with E-state index in [1.165, 1.54) is 5.57 Å². The number of likely N-dealkylation sites (N-methyl/N-ethyl adjacent to an activating group) is 1. The van der Waals surface area contributed by atoms with E-state index in [4.69, 9.17) is 5.73 Å². The normalized spacial score (nSPS) is 20.8. The lowest BCUT2D eigenvalue weighted by molar-refractivity contribution is 1.01. The van der Waals surface area contributed by atoms with Crippen LogP contribution in [-0.2, 0) is 0 Å². The minimum Gasteiger partial charge on any atom is -0.397 e. The number of nitrogen functional groups attached to an aromatic ring is 1. The second kappa shape index (κ2) is 6.80. The molecule has 2 N–H and O–H groups in total. The summed E-state index contributed by atoms with van der Waals surface area (Å²) in [6, 6.07) is 7.88. The second-order valence-electron chi connectivity index (χ2n) is 4.93. The molecule has 0 amide bonds. The van der Waals surface area contributed by atoms with E-state index in [0.717, 1.165) is 36.3 Å². The molecule has 2 nitrogen and oxygen atoms in total. The lowest BCUT2D eigenvalue weighted by atomic mass is 10.1. The average molecular weight is 266 g/mol. The predicted molar refractivity (Wildman–Crippen MR) is 88.6 cm³/mol. The van der Waals surface area contributed by atoms with E-state index in [-0.39, 0.29) is 0 Å². The number of benzene rings is 1. The van der Waals surface area contributed by atoms with Crippen LogP contribution in [0.25, 0.3) is 0 Å². The first-order valence-corrected chi connectivity index (χ1v) is 6.98. The Morgan fingerprint density at radius 1 is 1.15 bits per heavy atom. The fraction of sp³-hybridized carbons (Fsp3) is 0.222. The van der Waals surface area contributed by atoms with Gasteiger partial charge in [-0.25, -0.2) is 0 Å². The molecule has 0 saturated carbocycles. The number of nitrogens with two attached hydrogens (primary N) is 1. The Labute approximate surface area is 121 Å². The zero-order valence-electron chi connectivity index (χ0n) is 12.0. The van der Waals surface area contributed by atoms with E-state index in [1.54, 1.807) is 0 Å². The van der Waals surface area contributed by atoms with Crippen molar-refractivity contribution in [1.82, 2.24) is 0 Å². The van der Waals surface area contributed by atoms with Crippen molar-refractivity contribution in [3.8, 4) is 0 Å². The van der Waals surface area contributed by atoms with Crippen LogP contribution in [0.5, 0.6) is 0 Å². The van der Waals surface area contributed by atoms with Crippen molar-refractivity contribution < 1.29 is 0 Å². The maximum absolute atomic E-state index is 6.04. The molecule has 0 radical (unpaired) electrons. The highest BCUT2D eigenvalue weighted by molar-refractivity contribution is 5.70. The van der Waals surface area contributed by atoms with Crippen molar-refractivity contribution in [2.45, 2.75) is 19.3 Å². The van der Waals surface area contributed by atoms with Gasteiger partial charge < -0.3 is 10.6 Å². The van der Waals surface area contributed by atoms with Crippen molar-refractivity contribution in [2.75, 3.05) is 17.7 Å². The summed E-state index contributed by atoms with van der Waals surface area (Å²) in [5.74, 6) is 0. The fourth-order valence-electron chi connectivity index (χ4n) is 2.27. The highest BCUT2D eigenvalue weighted by atomic mass is 15.1. The Balaban J connectivity index is 2.19. The molecule has 0 bridgehead atoms. The summed E-state index contributed by atoms with van der Waals surface area (Å²) in [5.41, 5.74) is 10.1. The first-order chi connectivity index (χ1) is 9.70. The molecule has 1 aliphatic carbocycles. The minimum atomic E-state index is 0.775. The molecule has 0 fully saturated rings. The van der Waals surface area contributed by atoms with Crippen molar-refractivity contribution >= 4 is 11.4 Å². The van der Waals surface area contributed by atoms with Gasteiger partial charge in [0, 0.05) is 12.7 Å². The second-order valence-corrected chi connectivity index (χ2v) is 4.93. The van der Waals surface area contributed by atoms with Crippen LogP contribution in [0.15, 0.2) is 72.5 Å². The number of rotatable bonds is 3. The molecule has 1 aromatic rings. The van der Waals surface area contributed by atoms with E-state index in [9.17, 15) is 0 Å². The summed E-state index contributed by atoms with van der Waals surface area (Å²) in [5, 5.41) is 0. The molecule has 20 heavy (non-hydrogen) atoms. The maximum atomic E-state index is 6.04. The van der Waals surface area contributed by atoms with Gasteiger partial charge in [-0.3, -0.25) is 0 Å². The molecule has 0 atom stereocenters. The van der Waals surface area contributed by atoms with Crippen molar-refractivity contribution in [2.24, 2.45) is 0 Å². The number of hydrogen-bond donors (Lipinski definition) is 1. The predicted octanol–water partition coefficient (Wildman–Crippen LogP) is 4.44. The lowest BCUT2D eigenvalue weighted by Gasteiger charge is -2.25. The Hall–Kier alpha value is -2.22. The standard InChI is InChI=1S/C18H22N2/c1-15(16-11-7-5-3-4-6-8-12-16)20(2)18-14-10-9-13-17(18)19/h3-5,7,9-10,12-14H,1,6,8,11,19H2,2H3/b4-3-,7-5-,16-12+. The Bertz CT molecular complexity index is 565. The highest BCUT2D eigenvalue weighted by Crippen LogP contribution is 2.28. The number of allylic oxidation sites excluding steroid dienone is 6. The van der Waals surface area contributed by atoms with Gasteiger partial charge in [0.1, 0.15) is 0 Å². The largest absolute Gasteiger partial charge is 0.397 e. The van der Waals surface area contributed by atoms with Crippen molar-refractivity contribution in [3.63, 3.8) is 0 Å². The summed E-state index contributed by atoms with van der Waals surface area (Å²) in [6.45, 7) is 4.25. The molecular weight excluding hydrogens is 244 g/mol.